The molecule has 0 spiro atoms. The molecule has 1 amide bonds. The number of nitrogens with two attached hydrogens (primary N) is 1. The minimum Gasteiger partial charge on any atom is -0.487 e. The SMILES string of the molecule is CCc1ccc(OCc2n[nH]c(C)c2C(=O)NN)cc1. The molecule has 0 unspecified atom stereocenters. The van der Waals surface area contributed by atoms with Crippen molar-refractivity contribution in [2.75, 3.05) is 0 Å². The van der Waals surface area contributed by atoms with Crippen LogP contribution in [-0.4, -0.2) is 16.1 Å². The van der Waals surface area contributed by atoms with Crippen molar-refractivity contribution in [1.29, 1.82) is 0 Å². The van der Waals surface area contributed by atoms with Gasteiger partial charge in [-0.25, -0.2) is 5.84 Å². The molecule has 0 aliphatic carbocycles. The van der Waals surface area contributed by atoms with Crippen LogP contribution in [0.4, 0.5) is 0 Å². The molecule has 0 fully saturated rings. The van der Waals surface area contributed by atoms with Crippen LogP contribution >= 0.6 is 0 Å². The third-order valence-corrected chi connectivity index (χ3v) is 3.09. The number of hydrogen-bond donors (Lipinski definition) is 3. The van der Waals surface area contributed by atoms with Crippen molar-refractivity contribution in [2.24, 2.45) is 5.84 Å². The van der Waals surface area contributed by atoms with E-state index in [4.69, 9.17) is 10.6 Å². The molecule has 1 aromatic heterocycles. The lowest BCUT2D eigenvalue weighted by Gasteiger charge is -2.06. The van der Waals surface area contributed by atoms with Crippen LogP contribution in [0.3, 0.4) is 0 Å². The molecule has 0 radical (unpaired) electrons. The number of nitrogen functional groups attached to an aromatic ring is 1. The summed E-state index contributed by atoms with van der Waals surface area (Å²) in [7, 11) is 0. The first-order valence-electron chi connectivity index (χ1n) is 6.42. The first kappa shape index (κ1) is 14.1. The van der Waals surface area contributed by atoms with E-state index < -0.39 is 0 Å². The second-order valence-corrected chi connectivity index (χ2v) is 4.43. The number of hydrazine groups is 1. The molecule has 0 bridgehead atoms. The third-order valence-electron chi connectivity index (χ3n) is 3.09. The number of carbonyl (C=O) groups excluding carboxylic acids is 1. The van der Waals surface area contributed by atoms with Gasteiger partial charge in [0.25, 0.3) is 5.91 Å². The Labute approximate surface area is 117 Å². The smallest absolute Gasteiger partial charge is 0.269 e. The van der Waals surface area contributed by atoms with Crippen LogP contribution in [0.25, 0.3) is 0 Å². The van der Waals surface area contributed by atoms with Gasteiger partial charge in [-0.15, -0.1) is 0 Å². The summed E-state index contributed by atoms with van der Waals surface area (Å²) in [5, 5.41) is 6.83. The number of hydrogen-bond acceptors (Lipinski definition) is 4. The highest BCUT2D eigenvalue weighted by Crippen LogP contribution is 2.16. The second kappa shape index (κ2) is 6.21. The number of aromatic amines is 1. The van der Waals surface area contributed by atoms with Gasteiger partial charge in [0.1, 0.15) is 18.1 Å². The number of rotatable bonds is 5. The van der Waals surface area contributed by atoms with Crippen molar-refractivity contribution in [2.45, 2.75) is 26.9 Å². The molecule has 1 heterocycles. The number of nitrogens with one attached hydrogen (secondary N) is 2. The van der Waals surface area contributed by atoms with Gasteiger partial charge in [0.2, 0.25) is 0 Å². The average molecular weight is 274 g/mol. The highest BCUT2D eigenvalue weighted by atomic mass is 16.5. The lowest BCUT2D eigenvalue weighted by atomic mass is 10.1. The molecule has 0 saturated carbocycles. The van der Waals surface area contributed by atoms with E-state index in [2.05, 4.69) is 22.5 Å². The molecule has 2 rings (SSSR count). The van der Waals surface area contributed by atoms with Crippen molar-refractivity contribution in [3.8, 4) is 5.75 Å². The molecule has 0 aliphatic heterocycles. The summed E-state index contributed by atoms with van der Waals surface area (Å²) >= 11 is 0. The van der Waals surface area contributed by atoms with E-state index in [0.717, 1.165) is 12.2 Å². The number of amides is 1. The van der Waals surface area contributed by atoms with E-state index in [9.17, 15) is 4.79 Å². The summed E-state index contributed by atoms with van der Waals surface area (Å²) in [4.78, 5) is 11.7. The van der Waals surface area contributed by atoms with E-state index in [0.29, 0.717) is 17.0 Å². The first-order valence-corrected chi connectivity index (χ1v) is 6.42. The van der Waals surface area contributed by atoms with E-state index in [1.54, 1.807) is 6.92 Å². The fraction of sp³-hybridized carbons (Fsp3) is 0.286. The Morgan fingerprint density at radius 2 is 2.10 bits per heavy atom. The van der Waals surface area contributed by atoms with Gasteiger partial charge < -0.3 is 4.74 Å². The van der Waals surface area contributed by atoms with E-state index in [1.165, 1.54) is 5.56 Å². The van der Waals surface area contributed by atoms with Crippen LogP contribution in [0.1, 0.15) is 34.2 Å². The molecule has 1 aromatic carbocycles. The molecule has 0 atom stereocenters. The van der Waals surface area contributed by atoms with Gasteiger partial charge in [0.05, 0.1) is 5.56 Å². The highest BCUT2D eigenvalue weighted by Gasteiger charge is 2.17. The molecule has 0 saturated heterocycles. The summed E-state index contributed by atoms with van der Waals surface area (Å²) in [6.45, 7) is 4.07. The van der Waals surface area contributed by atoms with E-state index in [-0.39, 0.29) is 12.5 Å². The Bertz CT molecular complexity index is 590. The molecule has 6 nitrogen and oxygen atoms in total. The molecule has 4 N–H and O–H groups in total. The normalized spacial score (nSPS) is 10.3. The maximum Gasteiger partial charge on any atom is 0.269 e. The number of nitrogens with zero attached hydrogens (tertiary/aromatic N) is 1. The standard InChI is InChI=1S/C14H18N4O2/c1-3-10-4-6-11(7-5-10)20-8-12-13(14(19)16-15)9(2)17-18-12/h4-7H,3,8,15H2,1-2H3,(H,16,19)(H,17,18). The van der Waals surface area contributed by atoms with Gasteiger partial charge in [-0.05, 0) is 31.0 Å². The zero-order valence-corrected chi connectivity index (χ0v) is 11.6. The summed E-state index contributed by atoms with van der Waals surface area (Å²) in [5.41, 5.74) is 4.97. The predicted molar refractivity (Wildman–Crippen MR) is 75.1 cm³/mol. The fourth-order valence-electron chi connectivity index (χ4n) is 1.93. The van der Waals surface area contributed by atoms with Crippen LogP contribution in [0.2, 0.25) is 0 Å². The monoisotopic (exact) mass is 274 g/mol. The fourth-order valence-corrected chi connectivity index (χ4v) is 1.93. The van der Waals surface area contributed by atoms with E-state index >= 15 is 0 Å². The summed E-state index contributed by atoms with van der Waals surface area (Å²) in [5.74, 6) is 5.52. The van der Waals surface area contributed by atoms with Gasteiger partial charge in [-0.2, -0.15) is 5.10 Å². The topological polar surface area (TPSA) is 93.0 Å². The molecular formula is C14H18N4O2. The number of ether oxygens (including phenoxy) is 1. The first-order chi connectivity index (χ1) is 9.65. The molecule has 106 valence electrons. The van der Waals surface area contributed by atoms with E-state index in [1.807, 2.05) is 24.3 Å². The van der Waals surface area contributed by atoms with Gasteiger partial charge in [-0.1, -0.05) is 19.1 Å². The zero-order valence-electron chi connectivity index (χ0n) is 11.6. The summed E-state index contributed by atoms with van der Waals surface area (Å²) in [6.07, 6.45) is 0.986. The van der Waals surface area contributed by atoms with Gasteiger partial charge >= 0.3 is 0 Å². The van der Waals surface area contributed by atoms with Crippen molar-refractivity contribution in [3.63, 3.8) is 0 Å². The number of benzene rings is 1. The summed E-state index contributed by atoms with van der Waals surface area (Å²) in [6, 6.07) is 7.83. The largest absolute Gasteiger partial charge is 0.487 e. The minimum absolute atomic E-state index is 0.207. The average Bonchev–Trinajstić information content (AvgIpc) is 2.86. The number of aromatic nitrogens is 2. The van der Waals surface area contributed by atoms with Crippen molar-refractivity contribution >= 4 is 5.91 Å². The molecule has 2 aromatic rings. The van der Waals surface area contributed by atoms with Gasteiger partial charge in [0, 0.05) is 5.69 Å². The highest BCUT2D eigenvalue weighted by molar-refractivity contribution is 5.95. The Kier molecular flexibility index (Phi) is 4.37. The zero-order chi connectivity index (χ0) is 14.5. The summed E-state index contributed by atoms with van der Waals surface area (Å²) < 4.78 is 5.64. The molecule has 6 heteroatoms. The molecule has 20 heavy (non-hydrogen) atoms. The molecule has 0 aliphatic rings. The number of H-pyrrole nitrogens is 1. The van der Waals surface area contributed by atoms with Crippen LogP contribution in [0, 0.1) is 6.92 Å². The van der Waals surface area contributed by atoms with Gasteiger partial charge in [-0.3, -0.25) is 15.3 Å². The van der Waals surface area contributed by atoms with Crippen molar-refractivity contribution in [1.82, 2.24) is 15.6 Å². The van der Waals surface area contributed by atoms with Crippen molar-refractivity contribution < 1.29 is 9.53 Å². The molecular weight excluding hydrogens is 256 g/mol. The minimum atomic E-state index is -0.379. The maximum atomic E-state index is 11.7. The Morgan fingerprint density at radius 1 is 1.40 bits per heavy atom. The second-order valence-electron chi connectivity index (χ2n) is 4.43. The predicted octanol–water partition coefficient (Wildman–Crippen LogP) is 1.46. The number of carbonyl (C=O) groups is 1. The quantitative estimate of drug-likeness (QED) is 0.437. The van der Waals surface area contributed by atoms with Crippen LogP contribution in [0.5, 0.6) is 5.75 Å². The maximum absolute atomic E-state index is 11.7. The van der Waals surface area contributed by atoms with Crippen LogP contribution < -0.4 is 16.0 Å². The Hall–Kier alpha value is -2.34. The van der Waals surface area contributed by atoms with Gasteiger partial charge in [0.15, 0.2) is 0 Å². The van der Waals surface area contributed by atoms with Crippen molar-refractivity contribution in [3.05, 3.63) is 46.8 Å². The Morgan fingerprint density at radius 3 is 2.70 bits per heavy atom. The Balaban J connectivity index is 2.08. The van der Waals surface area contributed by atoms with Crippen LogP contribution in [0.15, 0.2) is 24.3 Å². The van der Waals surface area contributed by atoms with Crippen LogP contribution in [-0.2, 0) is 13.0 Å². The lowest BCUT2D eigenvalue weighted by Crippen LogP contribution is -2.31. The lowest BCUT2D eigenvalue weighted by molar-refractivity contribution is 0.0950. The number of aryl methyl sites for hydroxylation is 2. The third kappa shape index (κ3) is 2.97.